The Morgan fingerprint density at radius 1 is 0.913 bits per heavy atom. The van der Waals surface area contributed by atoms with Crippen LogP contribution in [0.15, 0.2) is 72.8 Å². The van der Waals surface area contributed by atoms with E-state index >= 15 is 0 Å². The molecule has 0 heterocycles. The Bertz CT molecular complexity index is 1550. The number of hydrogen-bond acceptors (Lipinski definition) is 7. The average molecular weight is 669 g/mol. The third kappa shape index (κ3) is 11.9. The highest BCUT2D eigenvalue weighted by atomic mass is 32.2. The van der Waals surface area contributed by atoms with E-state index in [9.17, 15) is 13.2 Å². The van der Waals surface area contributed by atoms with E-state index in [2.05, 4.69) is 57.8 Å². The molecule has 0 aliphatic rings. The minimum absolute atomic E-state index is 0.0387. The summed E-state index contributed by atoms with van der Waals surface area (Å²) in [5.41, 5.74) is 2.89. The number of ether oxygens (including phenoxy) is 2. The largest absolute Gasteiger partial charge is 0.487 e. The summed E-state index contributed by atoms with van der Waals surface area (Å²) in [6.07, 6.45) is 2.59. The Hall–Kier alpha value is -3.18. The second-order valence-electron chi connectivity index (χ2n) is 14.1. The minimum atomic E-state index is -3.58. The van der Waals surface area contributed by atoms with Gasteiger partial charge in [-0.1, -0.05) is 76.2 Å². The summed E-state index contributed by atoms with van der Waals surface area (Å²) in [4.78, 5) is 12.0. The van der Waals surface area contributed by atoms with Crippen LogP contribution >= 0.6 is 0 Å². The predicted molar refractivity (Wildman–Crippen MR) is 189 cm³/mol. The number of hydrogen-bond donors (Lipinski definition) is 2. The standard InChI is InChI=1S/C36H52N2O6SSi/c1-10-15-34(39)43-30-19-14-18-28(22-30)24-36(5,6)37-25-33(44-46(8,9)35(2,3)4)29-20-21-32(31(23-29)38-45(7,40)41)42-26-27-16-12-11-13-17-27/h11-14,16-23,33,37-38H,10,15,24-26H2,1-9H3/t33-/m0/s1. The zero-order chi connectivity index (χ0) is 34.2. The van der Waals surface area contributed by atoms with Crippen molar-refractivity contribution in [3.05, 3.63) is 89.5 Å². The van der Waals surface area contributed by atoms with Crippen molar-refractivity contribution in [3.63, 3.8) is 0 Å². The summed E-state index contributed by atoms with van der Waals surface area (Å²) in [6.45, 7) is 18.0. The number of sulfonamides is 1. The van der Waals surface area contributed by atoms with E-state index in [4.69, 9.17) is 13.9 Å². The summed E-state index contributed by atoms with van der Waals surface area (Å²) in [5.74, 6) is 0.757. The Morgan fingerprint density at radius 3 is 2.22 bits per heavy atom. The average Bonchev–Trinajstić information content (AvgIpc) is 2.94. The molecule has 3 aromatic rings. The van der Waals surface area contributed by atoms with Crippen molar-refractivity contribution in [1.82, 2.24) is 5.32 Å². The van der Waals surface area contributed by atoms with E-state index in [1.165, 1.54) is 0 Å². The van der Waals surface area contributed by atoms with Crippen molar-refractivity contribution in [1.29, 1.82) is 0 Å². The Morgan fingerprint density at radius 2 is 1.59 bits per heavy atom. The number of esters is 1. The van der Waals surface area contributed by atoms with Gasteiger partial charge in [0.2, 0.25) is 10.0 Å². The molecular formula is C36H52N2O6SSi. The van der Waals surface area contributed by atoms with Crippen LogP contribution in [0.3, 0.4) is 0 Å². The van der Waals surface area contributed by atoms with Gasteiger partial charge >= 0.3 is 5.97 Å². The fourth-order valence-corrected chi connectivity index (χ4v) is 6.54. The van der Waals surface area contributed by atoms with Crippen molar-refractivity contribution in [3.8, 4) is 11.5 Å². The quantitative estimate of drug-likeness (QED) is 0.0906. The second-order valence-corrected chi connectivity index (χ2v) is 20.6. The lowest BCUT2D eigenvalue weighted by Crippen LogP contribution is -2.47. The third-order valence-electron chi connectivity index (χ3n) is 8.15. The van der Waals surface area contributed by atoms with E-state index in [1.54, 1.807) is 6.07 Å². The third-order valence-corrected chi connectivity index (χ3v) is 13.2. The van der Waals surface area contributed by atoms with E-state index in [-0.39, 0.29) is 22.7 Å². The van der Waals surface area contributed by atoms with Gasteiger partial charge in [0, 0.05) is 18.5 Å². The molecule has 0 aliphatic carbocycles. The van der Waals surface area contributed by atoms with Crippen LogP contribution in [0.5, 0.6) is 11.5 Å². The SMILES string of the molecule is CCCC(=O)Oc1cccc(CC(C)(C)NC[C@H](O[Si](C)(C)C(C)(C)C)c2ccc(OCc3ccccc3)c(NS(C)(=O)=O)c2)c1. The lowest BCUT2D eigenvalue weighted by atomic mass is 9.94. The van der Waals surface area contributed by atoms with Gasteiger partial charge in [-0.3, -0.25) is 9.52 Å². The number of rotatable bonds is 16. The maximum atomic E-state index is 12.4. The number of nitrogens with one attached hydrogen (secondary N) is 2. The van der Waals surface area contributed by atoms with Crippen LogP contribution in [0.25, 0.3) is 0 Å². The van der Waals surface area contributed by atoms with E-state index in [1.807, 2.05) is 73.7 Å². The van der Waals surface area contributed by atoms with Crippen LogP contribution in [0.4, 0.5) is 5.69 Å². The van der Waals surface area contributed by atoms with Gasteiger partial charge in [0.1, 0.15) is 18.1 Å². The smallest absolute Gasteiger partial charge is 0.311 e. The van der Waals surface area contributed by atoms with Gasteiger partial charge in [-0.05, 0) is 85.8 Å². The number of carbonyl (C=O) groups excluding carboxylic acids is 1. The minimum Gasteiger partial charge on any atom is -0.487 e. The van der Waals surface area contributed by atoms with E-state index in [0.29, 0.717) is 43.2 Å². The summed E-state index contributed by atoms with van der Waals surface area (Å²) in [6, 6.07) is 23.0. The molecule has 1 atom stereocenters. The Balaban J connectivity index is 1.88. The number of benzene rings is 3. The molecule has 0 aromatic heterocycles. The van der Waals surface area contributed by atoms with Crippen molar-refractivity contribution >= 4 is 30.0 Å². The first-order valence-corrected chi connectivity index (χ1v) is 20.7. The van der Waals surface area contributed by atoms with E-state index in [0.717, 1.165) is 29.4 Å². The van der Waals surface area contributed by atoms with Gasteiger partial charge < -0.3 is 19.2 Å². The van der Waals surface area contributed by atoms with Gasteiger partial charge in [0.05, 0.1) is 18.0 Å². The van der Waals surface area contributed by atoms with Crippen molar-refractivity contribution < 1.29 is 27.1 Å². The zero-order valence-corrected chi connectivity index (χ0v) is 30.7. The lowest BCUT2D eigenvalue weighted by Gasteiger charge is -2.40. The second kappa shape index (κ2) is 15.6. The molecule has 252 valence electrons. The van der Waals surface area contributed by atoms with Gasteiger partial charge in [-0.2, -0.15) is 0 Å². The molecule has 0 radical (unpaired) electrons. The first-order chi connectivity index (χ1) is 21.4. The topological polar surface area (TPSA) is 103 Å². The van der Waals surface area contributed by atoms with E-state index < -0.39 is 18.3 Å². The van der Waals surface area contributed by atoms with Crippen LogP contribution in [-0.2, 0) is 32.3 Å². The Kier molecular flexibility index (Phi) is 12.6. The van der Waals surface area contributed by atoms with Gasteiger partial charge in [-0.15, -0.1) is 0 Å². The molecule has 2 N–H and O–H groups in total. The normalized spacial score (nSPS) is 13.2. The van der Waals surface area contributed by atoms with Crippen LogP contribution in [0.2, 0.25) is 18.1 Å². The fraction of sp³-hybridized carbons (Fsp3) is 0.472. The van der Waals surface area contributed by atoms with Crippen molar-refractivity contribution in [2.75, 3.05) is 17.5 Å². The summed E-state index contributed by atoms with van der Waals surface area (Å²) < 4.78 is 46.0. The highest BCUT2D eigenvalue weighted by Crippen LogP contribution is 2.41. The molecule has 3 rings (SSSR count). The highest BCUT2D eigenvalue weighted by molar-refractivity contribution is 7.92. The lowest BCUT2D eigenvalue weighted by molar-refractivity contribution is -0.134. The molecule has 10 heteroatoms. The summed E-state index contributed by atoms with van der Waals surface area (Å²) >= 11 is 0. The molecular weight excluding hydrogens is 617 g/mol. The molecule has 0 bridgehead atoms. The van der Waals surface area contributed by atoms with Crippen LogP contribution < -0.4 is 19.5 Å². The Labute approximate surface area is 277 Å². The maximum Gasteiger partial charge on any atom is 0.311 e. The molecule has 0 aliphatic heterocycles. The predicted octanol–water partition coefficient (Wildman–Crippen LogP) is 8.02. The molecule has 46 heavy (non-hydrogen) atoms. The molecule has 0 fully saturated rings. The van der Waals surface area contributed by atoms with Gasteiger partial charge in [0.25, 0.3) is 0 Å². The number of anilines is 1. The zero-order valence-electron chi connectivity index (χ0n) is 28.9. The van der Waals surface area contributed by atoms with Crippen LogP contribution in [0, 0.1) is 0 Å². The fourth-order valence-electron chi connectivity index (χ4n) is 4.70. The van der Waals surface area contributed by atoms with Crippen LogP contribution in [-0.4, -0.2) is 41.0 Å². The number of carbonyl (C=O) groups is 1. The van der Waals surface area contributed by atoms with Gasteiger partial charge in [-0.25, -0.2) is 8.42 Å². The van der Waals surface area contributed by atoms with Crippen LogP contribution in [0.1, 0.15) is 77.2 Å². The monoisotopic (exact) mass is 668 g/mol. The first kappa shape index (κ1) is 37.3. The molecule has 8 nitrogen and oxygen atoms in total. The molecule has 0 saturated carbocycles. The molecule has 3 aromatic carbocycles. The highest BCUT2D eigenvalue weighted by Gasteiger charge is 2.40. The van der Waals surface area contributed by atoms with Crippen molar-refractivity contribution in [2.24, 2.45) is 0 Å². The van der Waals surface area contributed by atoms with Gasteiger partial charge in [0.15, 0.2) is 8.32 Å². The molecule has 0 saturated heterocycles. The summed E-state index contributed by atoms with van der Waals surface area (Å²) in [7, 11) is -5.82. The van der Waals surface area contributed by atoms with Crippen molar-refractivity contribution in [2.45, 2.75) is 97.2 Å². The maximum absolute atomic E-state index is 12.4. The molecule has 0 unspecified atom stereocenters. The molecule has 0 amide bonds. The summed E-state index contributed by atoms with van der Waals surface area (Å²) in [5, 5.41) is 3.67. The molecule has 0 spiro atoms. The first-order valence-electron chi connectivity index (χ1n) is 15.9.